The minimum Gasteiger partial charge on any atom is -1.00 e. The monoisotopic (exact) mass is 731 g/mol. The third-order valence-corrected chi connectivity index (χ3v) is 7.90. The van der Waals surface area contributed by atoms with E-state index in [0.717, 1.165) is 48.7 Å². The summed E-state index contributed by atoms with van der Waals surface area (Å²) in [5, 5.41) is 1.02. The highest BCUT2D eigenvalue weighted by atomic mass is 79.9. The van der Waals surface area contributed by atoms with E-state index >= 15 is 0 Å². The van der Waals surface area contributed by atoms with Crippen molar-refractivity contribution in [1.29, 1.82) is 0 Å². The highest BCUT2D eigenvalue weighted by Crippen LogP contribution is 2.20. The summed E-state index contributed by atoms with van der Waals surface area (Å²) in [6.07, 6.45) is 12.2. The first kappa shape index (κ1) is 36.6. The molecule has 234 valence electrons. The molecule has 0 aliphatic carbocycles. The molecule has 0 bridgehead atoms. The van der Waals surface area contributed by atoms with Crippen LogP contribution in [-0.4, -0.2) is 5.33 Å². The van der Waals surface area contributed by atoms with Crippen LogP contribution in [0.1, 0.15) is 62.1 Å². The summed E-state index contributed by atoms with van der Waals surface area (Å²) in [7, 11) is 0. The van der Waals surface area contributed by atoms with Crippen LogP contribution in [0.25, 0.3) is 22.3 Å². The van der Waals surface area contributed by atoms with Crippen LogP contribution in [0.3, 0.4) is 0 Å². The molecule has 3 heteroatoms. The number of unbranched alkanes of at least 4 members (excludes halogenated alkanes) is 3. The van der Waals surface area contributed by atoms with Gasteiger partial charge >= 0.3 is 0 Å². The van der Waals surface area contributed by atoms with Gasteiger partial charge in [0.1, 0.15) is 6.54 Å². The largest absolute Gasteiger partial charge is 1.00 e. The molecule has 0 unspecified atom stereocenters. The molecule has 1 nitrogen and oxygen atoms in total. The Bertz CT molecular complexity index is 1670. The van der Waals surface area contributed by atoms with Crippen LogP contribution < -0.4 is 21.5 Å². The summed E-state index contributed by atoms with van der Waals surface area (Å²) >= 11 is 3.40. The molecule has 0 fully saturated rings. The second-order valence-corrected chi connectivity index (χ2v) is 11.7. The number of hydrogen-bond donors (Lipinski definition) is 0. The number of pyridine rings is 1. The quantitative estimate of drug-likeness (QED) is 0.0600. The van der Waals surface area contributed by atoms with Crippen molar-refractivity contribution in [2.24, 2.45) is 0 Å². The molecule has 0 aliphatic rings. The summed E-state index contributed by atoms with van der Waals surface area (Å²) in [5.41, 5.74) is 8.57. The smallest absolute Gasteiger partial charge is 0.171 e. The Morgan fingerprint density at radius 1 is 0.565 bits per heavy atom. The van der Waals surface area contributed by atoms with Gasteiger partial charge in [0.05, 0.1) is 0 Å². The van der Waals surface area contributed by atoms with Gasteiger partial charge in [0.2, 0.25) is 0 Å². The van der Waals surface area contributed by atoms with Crippen molar-refractivity contribution in [3.05, 3.63) is 150 Å². The topological polar surface area (TPSA) is 3.88 Å². The average molecular weight is 734 g/mol. The average Bonchev–Trinajstić information content (AvgIpc) is 3.11. The highest BCUT2D eigenvalue weighted by molar-refractivity contribution is 9.09. The summed E-state index contributed by atoms with van der Waals surface area (Å²) in [6.45, 7) is 3.27. The second kappa shape index (κ2) is 21.8. The first-order valence-corrected chi connectivity index (χ1v) is 17.2. The third kappa shape index (κ3) is 13.2. The molecule has 0 N–H and O–H groups in total. The molecule has 46 heavy (non-hydrogen) atoms. The van der Waals surface area contributed by atoms with E-state index in [4.69, 9.17) is 0 Å². The van der Waals surface area contributed by atoms with E-state index in [-0.39, 0.29) is 17.0 Å². The lowest BCUT2D eigenvalue weighted by atomic mass is 10.0. The first-order chi connectivity index (χ1) is 22.2. The SMILES string of the molecule is BrCCCC#Cc1ccc(-c2ccccc2)cc1.CCCCc1ccc[n+](CCCC#Cc2ccc(-c3ccccc3)cc2)c1.[Br-]. The Morgan fingerprint density at radius 2 is 1.07 bits per heavy atom. The molecule has 0 saturated heterocycles. The predicted molar refractivity (Wildman–Crippen MR) is 195 cm³/mol. The lowest BCUT2D eigenvalue weighted by Gasteiger charge is -2.01. The summed E-state index contributed by atoms with van der Waals surface area (Å²) in [4.78, 5) is 0. The summed E-state index contributed by atoms with van der Waals surface area (Å²) in [6, 6.07) is 42.2. The zero-order valence-electron chi connectivity index (χ0n) is 26.8. The third-order valence-electron chi connectivity index (χ3n) is 7.34. The van der Waals surface area contributed by atoms with Gasteiger partial charge < -0.3 is 17.0 Å². The Hall–Kier alpha value is -3.89. The van der Waals surface area contributed by atoms with Gasteiger partial charge in [-0.1, -0.05) is 138 Å². The van der Waals surface area contributed by atoms with E-state index in [0.29, 0.717) is 0 Å². The Morgan fingerprint density at radius 3 is 1.57 bits per heavy atom. The second-order valence-electron chi connectivity index (χ2n) is 10.9. The van der Waals surface area contributed by atoms with Crippen molar-refractivity contribution >= 4 is 15.9 Å². The number of aromatic nitrogens is 1. The number of aryl methyl sites for hydroxylation is 2. The van der Waals surface area contributed by atoms with Crippen molar-refractivity contribution in [2.45, 2.75) is 58.4 Å². The van der Waals surface area contributed by atoms with Crippen molar-refractivity contribution < 1.29 is 21.5 Å². The lowest BCUT2D eigenvalue weighted by molar-refractivity contribution is -0.697. The molecule has 0 amide bonds. The minimum atomic E-state index is 0. The van der Waals surface area contributed by atoms with E-state index in [2.05, 4.69) is 173 Å². The lowest BCUT2D eigenvalue weighted by Crippen LogP contribution is -3.00. The molecule has 0 radical (unpaired) electrons. The highest BCUT2D eigenvalue weighted by Gasteiger charge is 2.02. The van der Waals surface area contributed by atoms with Gasteiger partial charge in [-0.05, 0) is 71.8 Å². The van der Waals surface area contributed by atoms with E-state index in [1.807, 2.05) is 12.1 Å². The fourth-order valence-electron chi connectivity index (χ4n) is 4.83. The molecule has 0 spiro atoms. The number of nitrogens with zero attached hydrogens (tertiary/aromatic N) is 1. The molecule has 5 rings (SSSR count). The molecule has 4 aromatic carbocycles. The van der Waals surface area contributed by atoms with Crippen LogP contribution in [0.15, 0.2) is 134 Å². The van der Waals surface area contributed by atoms with E-state index in [9.17, 15) is 0 Å². The van der Waals surface area contributed by atoms with Gasteiger partial charge in [-0.3, -0.25) is 0 Å². The fourth-order valence-corrected chi connectivity index (χ4v) is 5.11. The Balaban J connectivity index is 0.000000265. The van der Waals surface area contributed by atoms with Crippen LogP contribution in [0, 0.1) is 23.7 Å². The maximum Gasteiger partial charge on any atom is 0.171 e. The Labute approximate surface area is 296 Å². The predicted octanol–water partition coefficient (Wildman–Crippen LogP) is 7.70. The molecular formula is C43H43Br2N. The molecule has 1 aromatic heterocycles. The molecular weight excluding hydrogens is 690 g/mol. The van der Waals surface area contributed by atoms with Crippen molar-refractivity contribution in [1.82, 2.24) is 0 Å². The maximum absolute atomic E-state index is 3.40. The van der Waals surface area contributed by atoms with Crippen molar-refractivity contribution in [3.63, 3.8) is 0 Å². The van der Waals surface area contributed by atoms with Crippen molar-refractivity contribution in [3.8, 4) is 45.9 Å². The Kier molecular flexibility index (Phi) is 17.3. The van der Waals surface area contributed by atoms with Crippen LogP contribution in [0.2, 0.25) is 0 Å². The molecule has 1 heterocycles. The molecule has 0 saturated carbocycles. The normalized spacial score (nSPS) is 9.78. The standard InChI is InChI=1S/C26H28N.C17H15Br.BrH/c1-2-3-11-24-13-10-21-27(22-24)20-9-5-6-12-23-16-18-26(19-17-23)25-14-7-4-8-15-25;18-14-6-2-3-7-15-10-12-17(13-11-15)16-8-4-1-5-9-16;/h4,7-8,10,13-19,21-22H,2-3,5,9,11,20H2,1H3;1,4-5,8-13H,2,6,14H2;1H/q+1;;/p-1. The number of halogens is 2. The van der Waals surface area contributed by atoms with Gasteiger partial charge in [-0.25, -0.2) is 4.57 Å². The molecule has 0 aliphatic heterocycles. The molecule has 0 atom stereocenters. The van der Waals surface area contributed by atoms with Crippen LogP contribution in [0.5, 0.6) is 0 Å². The maximum atomic E-state index is 3.40. The van der Waals surface area contributed by atoms with Gasteiger partial charge in [0.15, 0.2) is 12.4 Å². The van der Waals surface area contributed by atoms with Crippen LogP contribution >= 0.6 is 15.9 Å². The fraction of sp³-hybridized carbons (Fsp3) is 0.233. The van der Waals surface area contributed by atoms with Gasteiger partial charge in [-0.2, -0.15) is 0 Å². The zero-order valence-corrected chi connectivity index (χ0v) is 29.9. The summed E-state index contributed by atoms with van der Waals surface area (Å²) in [5.74, 6) is 13.0. The zero-order chi connectivity index (χ0) is 31.4. The number of hydrogen-bond acceptors (Lipinski definition) is 0. The van der Waals surface area contributed by atoms with Gasteiger partial charge in [0, 0.05) is 47.3 Å². The van der Waals surface area contributed by atoms with E-state index < -0.39 is 0 Å². The van der Waals surface area contributed by atoms with E-state index in [1.54, 1.807) is 0 Å². The van der Waals surface area contributed by atoms with Crippen LogP contribution in [-0.2, 0) is 13.0 Å². The van der Waals surface area contributed by atoms with Gasteiger partial charge in [0.25, 0.3) is 0 Å². The van der Waals surface area contributed by atoms with Crippen LogP contribution in [0.4, 0.5) is 0 Å². The van der Waals surface area contributed by atoms with Crippen molar-refractivity contribution in [2.75, 3.05) is 5.33 Å². The summed E-state index contributed by atoms with van der Waals surface area (Å²) < 4.78 is 2.29. The minimum absolute atomic E-state index is 0. The first-order valence-electron chi connectivity index (χ1n) is 16.1. The van der Waals surface area contributed by atoms with Gasteiger partial charge in [-0.15, -0.1) is 0 Å². The number of benzene rings is 4. The number of rotatable bonds is 10. The molecule has 5 aromatic rings. The number of alkyl halides is 1. The van der Waals surface area contributed by atoms with E-state index in [1.165, 1.54) is 47.1 Å².